The lowest BCUT2D eigenvalue weighted by atomic mass is 9.96. The van der Waals surface area contributed by atoms with Gasteiger partial charge < -0.3 is 83.9 Å². The summed E-state index contributed by atoms with van der Waals surface area (Å²) in [6.45, 7) is 0.464. The smallest absolute Gasteiger partial charge is 0.338 e. The van der Waals surface area contributed by atoms with E-state index in [0.29, 0.717) is 11.1 Å². The molecule has 0 bridgehead atoms. The van der Waals surface area contributed by atoms with Gasteiger partial charge in [0.25, 0.3) is 0 Å². The maximum Gasteiger partial charge on any atom is 0.338 e. The Labute approximate surface area is 325 Å². The number of ether oxygens (including phenoxy) is 8. The number of hydrogen-bond donors (Lipinski definition) is 9. The lowest BCUT2D eigenvalue weighted by Crippen LogP contribution is -2.65. The van der Waals surface area contributed by atoms with Crippen molar-refractivity contribution in [3.05, 3.63) is 71.3 Å². The van der Waals surface area contributed by atoms with E-state index in [1.54, 1.807) is 0 Å². The van der Waals surface area contributed by atoms with Gasteiger partial charge in [-0.05, 0) is 66.9 Å². The minimum atomic E-state index is -1.95. The molecule has 2 fully saturated rings. The number of hydrogen-bond acceptors (Lipinski definition) is 19. The second-order valence-electron chi connectivity index (χ2n) is 13.0. The summed E-state index contributed by atoms with van der Waals surface area (Å²) in [7, 11) is 2.51. The summed E-state index contributed by atoms with van der Waals surface area (Å²) in [6.07, 6.45) is -13.9. The fraction of sp³-hybridized carbons (Fsp3) is 0.421. The molecule has 9 N–H and O–H groups in total. The van der Waals surface area contributed by atoms with Crippen LogP contribution < -0.4 is 9.47 Å². The average Bonchev–Trinajstić information content (AvgIpc) is 3.19. The lowest BCUT2D eigenvalue weighted by molar-refractivity contribution is -0.357. The molecular weight excluding hydrogens is 760 g/mol. The lowest BCUT2D eigenvalue weighted by Gasteiger charge is -2.46. The van der Waals surface area contributed by atoms with Crippen LogP contribution in [0.4, 0.5) is 0 Å². The predicted octanol–water partition coefficient (Wildman–Crippen LogP) is 0.572. The second-order valence-corrected chi connectivity index (χ2v) is 13.0. The minimum Gasteiger partial charge on any atom is -0.504 e. The average molecular weight is 805 g/mol. The van der Waals surface area contributed by atoms with Crippen LogP contribution in [0.25, 0.3) is 6.08 Å². The molecule has 0 aliphatic carbocycles. The third kappa shape index (κ3) is 9.96. The molecule has 2 aliphatic rings. The summed E-state index contributed by atoms with van der Waals surface area (Å²) in [6, 6.07) is 10.2. The van der Waals surface area contributed by atoms with E-state index in [1.807, 2.05) is 0 Å². The fourth-order valence-electron chi connectivity index (χ4n) is 6.11. The van der Waals surface area contributed by atoms with Gasteiger partial charge in [0, 0.05) is 6.08 Å². The van der Waals surface area contributed by atoms with Crippen molar-refractivity contribution in [2.24, 2.45) is 0 Å². The van der Waals surface area contributed by atoms with Crippen molar-refractivity contribution in [1.29, 1.82) is 0 Å². The molecule has 19 nitrogen and oxygen atoms in total. The summed E-state index contributed by atoms with van der Waals surface area (Å²) >= 11 is 0. The molecule has 19 heteroatoms. The first-order valence-corrected chi connectivity index (χ1v) is 17.5. The van der Waals surface area contributed by atoms with E-state index in [9.17, 15) is 55.5 Å². The normalized spacial score (nSPS) is 27.5. The first kappa shape index (κ1) is 42.8. The van der Waals surface area contributed by atoms with E-state index in [0.717, 1.165) is 6.08 Å². The Hall–Kier alpha value is -5.38. The molecule has 0 spiro atoms. The van der Waals surface area contributed by atoms with Gasteiger partial charge in [0.05, 0.1) is 39.1 Å². The molecular formula is C38H44O19. The molecule has 0 aromatic heterocycles. The molecule has 310 valence electrons. The predicted molar refractivity (Wildman–Crippen MR) is 192 cm³/mol. The monoisotopic (exact) mass is 804 g/mol. The van der Waals surface area contributed by atoms with Gasteiger partial charge in [0.15, 0.2) is 59.3 Å². The Morgan fingerprint density at radius 2 is 1.39 bits per heavy atom. The summed E-state index contributed by atoms with van der Waals surface area (Å²) in [5.41, 5.74) is 0.705. The van der Waals surface area contributed by atoms with Gasteiger partial charge in [-0.2, -0.15) is 0 Å². The fourth-order valence-corrected chi connectivity index (χ4v) is 6.11. The Kier molecular flexibility index (Phi) is 14.0. The molecule has 57 heavy (non-hydrogen) atoms. The number of rotatable bonds is 14. The molecule has 0 unspecified atom stereocenters. The Morgan fingerprint density at radius 3 is 2.00 bits per heavy atom. The number of esters is 2. The highest BCUT2D eigenvalue weighted by Crippen LogP contribution is 2.38. The third-order valence-corrected chi connectivity index (χ3v) is 9.20. The summed E-state index contributed by atoms with van der Waals surface area (Å²) < 4.78 is 44.6. The van der Waals surface area contributed by atoms with Crippen molar-refractivity contribution < 1.29 is 93.4 Å². The number of carbonyl (C=O) groups is 2. The third-order valence-electron chi connectivity index (χ3n) is 9.20. The number of aromatic hydroxyl groups is 5. The van der Waals surface area contributed by atoms with Gasteiger partial charge in [0.2, 0.25) is 5.75 Å². The number of phenols is 5. The number of phenolic OH excluding ortho intramolecular Hbond substituents is 5. The molecule has 2 aliphatic heterocycles. The zero-order valence-corrected chi connectivity index (χ0v) is 30.8. The maximum absolute atomic E-state index is 13.2. The molecule has 5 rings (SSSR count). The molecule has 0 radical (unpaired) electrons. The van der Waals surface area contributed by atoms with Crippen LogP contribution in [0, 0.1) is 0 Å². The van der Waals surface area contributed by atoms with Crippen molar-refractivity contribution in [3.8, 4) is 40.2 Å². The largest absolute Gasteiger partial charge is 0.504 e. The van der Waals surface area contributed by atoms with Crippen LogP contribution in [-0.4, -0.2) is 147 Å². The van der Waals surface area contributed by atoms with E-state index in [-0.39, 0.29) is 53.1 Å². The molecule has 10 atom stereocenters. The van der Waals surface area contributed by atoms with Crippen LogP contribution in [0.15, 0.2) is 54.6 Å². The zero-order chi connectivity index (χ0) is 41.6. The first-order valence-electron chi connectivity index (χ1n) is 17.5. The minimum absolute atomic E-state index is 0.105. The van der Waals surface area contributed by atoms with E-state index >= 15 is 0 Å². The van der Waals surface area contributed by atoms with Gasteiger partial charge in [-0.1, -0.05) is 12.1 Å². The van der Waals surface area contributed by atoms with Crippen molar-refractivity contribution in [1.82, 2.24) is 0 Å². The molecule has 0 amide bonds. The van der Waals surface area contributed by atoms with Crippen molar-refractivity contribution in [2.75, 3.05) is 27.4 Å². The standard InChI is InChI=1S/C38H44O19/c1-17-33(56-36(49)20-14-25(50-2)29(45)26(15-20)51-3)30(46)31(47)38(53-17)57-35-32(48)37(52-11-10-19-5-8-22(41)24(43)13-19)54-27(16-39)34(35)55-28(44)9-6-18-4-7-21(40)23(42)12-18/h4-9,12-15,17,27,30-35,37-43,45-48H,10-11,16H2,1-3H3/b9-6+/t17-,27+,30-,31+,32+,33-,34+,35+,37+,38-/m0/s1. The highest BCUT2D eigenvalue weighted by Gasteiger charge is 2.53. The molecule has 2 heterocycles. The molecule has 2 saturated heterocycles. The van der Waals surface area contributed by atoms with Crippen molar-refractivity contribution >= 4 is 18.0 Å². The Bertz CT molecular complexity index is 1870. The number of aliphatic hydroxyl groups excluding tert-OH is 4. The number of carbonyl (C=O) groups excluding carboxylic acids is 2. The highest BCUT2D eigenvalue weighted by atomic mass is 16.7. The Balaban J connectivity index is 1.34. The molecule has 0 saturated carbocycles. The van der Waals surface area contributed by atoms with Crippen LogP contribution in [0.3, 0.4) is 0 Å². The maximum atomic E-state index is 13.2. The first-order chi connectivity index (χ1) is 27.1. The topological polar surface area (TPSA) is 290 Å². The van der Waals surface area contributed by atoms with Crippen LogP contribution >= 0.6 is 0 Å². The van der Waals surface area contributed by atoms with E-state index < -0.39 is 85.7 Å². The van der Waals surface area contributed by atoms with Gasteiger partial charge >= 0.3 is 11.9 Å². The number of aliphatic hydroxyl groups is 4. The zero-order valence-electron chi connectivity index (χ0n) is 30.8. The number of benzene rings is 3. The second kappa shape index (κ2) is 18.7. The van der Waals surface area contributed by atoms with Crippen LogP contribution in [-0.2, 0) is 39.6 Å². The quantitative estimate of drug-likeness (QED) is 0.0611. The van der Waals surface area contributed by atoms with Crippen LogP contribution in [0.5, 0.6) is 40.2 Å². The highest BCUT2D eigenvalue weighted by molar-refractivity contribution is 5.91. The van der Waals surface area contributed by atoms with Crippen molar-refractivity contribution in [3.63, 3.8) is 0 Å². The molecule has 3 aromatic rings. The van der Waals surface area contributed by atoms with Gasteiger partial charge in [-0.15, -0.1) is 0 Å². The summed E-state index contributed by atoms with van der Waals surface area (Å²) in [5, 5.41) is 93.2. The van der Waals surface area contributed by atoms with Crippen LogP contribution in [0.2, 0.25) is 0 Å². The van der Waals surface area contributed by atoms with E-state index in [4.69, 9.17) is 37.9 Å². The summed E-state index contributed by atoms with van der Waals surface area (Å²) in [5.74, 6) is -4.15. The molecule has 3 aromatic carbocycles. The van der Waals surface area contributed by atoms with E-state index in [2.05, 4.69) is 0 Å². The summed E-state index contributed by atoms with van der Waals surface area (Å²) in [4.78, 5) is 26.2. The van der Waals surface area contributed by atoms with Crippen molar-refractivity contribution in [2.45, 2.75) is 74.8 Å². The Morgan fingerprint density at radius 1 is 0.737 bits per heavy atom. The van der Waals surface area contributed by atoms with E-state index in [1.165, 1.54) is 75.8 Å². The van der Waals surface area contributed by atoms with Crippen LogP contribution in [0.1, 0.15) is 28.4 Å². The SMILES string of the molecule is COc1cc(C(=O)O[C@@H]2[C@@H](O)[C@@H](O)[C@H](O[C@@H]3[C@@H](O)[C@H](OCCc4ccc(O)c(O)c4)O[C@H](CO)[C@H]3OC(=O)/C=C/c3ccc(O)c(O)c3)O[C@H]2C)cc(OC)c1O. The number of methoxy groups -OCH3 is 2. The van der Waals surface area contributed by atoms with Gasteiger partial charge in [0.1, 0.15) is 30.5 Å². The van der Waals surface area contributed by atoms with Gasteiger partial charge in [-0.3, -0.25) is 0 Å². The van der Waals surface area contributed by atoms with Gasteiger partial charge in [-0.25, -0.2) is 9.59 Å².